The monoisotopic (exact) mass is 254 g/mol. The maximum Gasteiger partial charge on any atom is 0.267 e. The van der Waals surface area contributed by atoms with Crippen molar-refractivity contribution in [1.82, 2.24) is 19.8 Å². The van der Waals surface area contributed by atoms with Gasteiger partial charge in [0.1, 0.15) is 4.88 Å². The van der Waals surface area contributed by atoms with E-state index in [1.54, 1.807) is 0 Å². The molecule has 0 bridgehead atoms. The summed E-state index contributed by atoms with van der Waals surface area (Å²) in [5.74, 6) is 0.324. The lowest BCUT2D eigenvalue weighted by molar-refractivity contribution is 0.0712. The van der Waals surface area contributed by atoms with Gasteiger partial charge in [-0.2, -0.15) is 0 Å². The third-order valence-corrected chi connectivity index (χ3v) is 3.64. The predicted octanol–water partition coefficient (Wildman–Crippen LogP) is 1.10. The maximum atomic E-state index is 12.4. The van der Waals surface area contributed by atoms with Gasteiger partial charge in [-0.1, -0.05) is 18.3 Å². The van der Waals surface area contributed by atoms with E-state index in [2.05, 4.69) is 21.8 Å². The quantitative estimate of drug-likeness (QED) is 0.858. The zero-order valence-electron chi connectivity index (χ0n) is 10.4. The summed E-state index contributed by atoms with van der Waals surface area (Å²) < 4.78 is 3.91. The van der Waals surface area contributed by atoms with Crippen LogP contribution in [0.5, 0.6) is 0 Å². The van der Waals surface area contributed by atoms with Crippen LogP contribution in [0.1, 0.15) is 42.1 Å². The molecule has 0 radical (unpaired) electrons. The van der Waals surface area contributed by atoms with Crippen LogP contribution in [0.3, 0.4) is 0 Å². The molecule has 1 N–H and O–H groups in total. The van der Waals surface area contributed by atoms with Gasteiger partial charge in [-0.05, 0) is 24.4 Å². The Morgan fingerprint density at radius 3 is 3.00 bits per heavy atom. The van der Waals surface area contributed by atoms with Crippen LogP contribution in [-0.4, -0.2) is 46.1 Å². The molecular formula is C11H18N4OS. The Hall–Kier alpha value is -1.01. The van der Waals surface area contributed by atoms with E-state index in [-0.39, 0.29) is 11.8 Å². The van der Waals surface area contributed by atoms with Crippen molar-refractivity contribution in [2.24, 2.45) is 0 Å². The highest BCUT2D eigenvalue weighted by atomic mass is 32.1. The lowest BCUT2D eigenvalue weighted by Gasteiger charge is -2.31. The Morgan fingerprint density at radius 2 is 2.35 bits per heavy atom. The minimum atomic E-state index is 0.0806. The molecule has 6 heteroatoms. The Bertz CT molecular complexity index is 404. The molecule has 0 spiro atoms. The highest BCUT2D eigenvalue weighted by Crippen LogP contribution is 2.21. The summed E-state index contributed by atoms with van der Waals surface area (Å²) in [7, 11) is 0. The molecule has 1 amide bonds. The fourth-order valence-electron chi connectivity index (χ4n) is 1.98. The van der Waals surface area contributed by atoms with E-state index >= 15 is 0 Å². The van der Waals surface area contributed by atoms with E-state index < -0.39 is 0 Å². The van der Waals surface area contributed by atoms with Gasteiger partial charge in [0.05, 0.1) is 5.69 Å². The number of rotatable bonds is 2. The van der Waals surface area contributed by atoms with E-state index in [4.69, 9.17) is 0 Å². The third-order valence-electron chi connectivity index (χ3n) is 2.91. The summed E-state index contributed by atoms with van der Waals surface area (Å²) in [5.41, 5.74) is 0.825. The molecule has 1 fully saturated rings. The van der Waals surface area contributed by atoms with Crippen LogP contribution in [0.15, 0.2) is 0 Å². The lowest BCUT2D eigenvalue weighted by Crippen LogP contribution is -2.51. The van der Waals surface area contributed by atoms with Crippen molar-refractivity contribution in [2.45, 2.75) is 32.7 Å². The average molecular weight is 254 g/mol. The number of piperazine rings is 1. The number of amides is 1. The molecule has 1 atom stereocenters. The number of nitrogens with one attached hydrogen (secondary N) is 1. The van der Waals surface area contributed by atoms with Gasteiger partial charge in [-0.3, -0.25) is 4.79 Å². The molecule has 2 heterocycles. The first-order valence-electron chi connectivity index (χ1n) is 5.94. The molecule has 1 unspecified atom stereocenters. The van der Waals surface area contributed by atoms with Crippen LogP contribution < -0.4 is 5.32 Å². The van der Waals surface area contributed by atoms with Crippen molar-refractivity contribution in [1.29, 1.82) is 0 Å². The molecule has 17 heavy (non-hydrogen) atoms. The molecule has 1 aliphatic rings. The number of aromatic nitrogens is 2. The van der Waals surface area contributed by atoms with Gasteiger partial charge >= 0.3 is 0 Å². The summed E-state index contributed by atoms with van der Waals surface area (Å²) in [6.45, 7) is 8.54. The molecule has 0 aromatic carbocycles. The summed E-state index contributed by atoms with van der Waals surface area (Å²) >= 11 is 1.21. The molecule has 5 nitrogen and oxygen atoms in total. The molecule has 94 valence electrons. The fraction of sp³-hybridized carbons (Fsp3) is 0.727. The molecule has 0 aliphatic carbocycles. The first kappa shape index (κ1) is 12.4. The molecule has 1 aromatic heterocycles. The maximum absolute atomic E-state index is 12.4. The molecule has 1 aliphatic heterocycles. The van der Waals surface area contributed by atoms with Gasteiger partial charge in [-0.15, -0.1) is 5.10 Å². The average Bonchev–Trinajstić information content (AvgIpc) is 2.77. The predicted molar refractivity (Wildman–Crippen MR) is 67.4 cm³/mol. The number of hydrogen-bond donors (Lipinski definition) is 1. The van der Waals surface area contributed by atoms with Crippen molar-refractivity contribution in [3.63, 3.8) is 0 Å². The summed E-state index contributed by atoms with van der Waals surface area (Å²) in [4.78, 5) is 15.0. The Morgan fingerprint density at radius 1 is 1.59 bits per heavy atom. The number of carbonyl (C=O) groups is 1. The van der Waals surface area contributed by atoms with Gasteiger partial charge in [0.25, 0.3) is 5.91 Å². The highest BCUT2D eigenvalue weighted by molar-refractivity contribution is 7.08. The van der Waals surface area contributed by atoms with Crippen LogP contribution in [0.4, 0.5) is 0 Å². The molecule has 0 saturated carbocycles. The van der Waals surface area contributed by atoms with Crippen LogP contribution in [0.2, 0.25) is 0 Å². The van der Waals surface area contributed by atoms with Crippen LogP contribution in [-0.2, 0) is 0 Å². The van der Waals surface area contributed by atoms with Gasteiger partial charge < -0.3 is 10.2 Å². The largest absolute Gasteiger partial charge is 0.335 e. The van der Waals surface area contributed by atoms with Crippen molar-refractivity contribution in [3.05, 3.63) is 10.6 Å². The minimum absolute atomic E-state index is 0.0806. The second kappa shape index (κ2) is 5.10. The topological polar surface area (TPSA) is 58.1 Å². The summed E-state index contributed by atoms with van der Waals surface area (Å²) in [6.07, 6.45) is 0. The first-order valence-corrected chi connectivity index (χ1v) is 6.72. The Balaban J connectivity index is 2.16. The Kier molecular flexibility index (Phi) is 3.73. The number of carbonyl (C=O) groups excluding carboxylic acids is 1. The van der Waals surface area contributed by atoms with Crippen molar-refractivity contribution < 1.29 is 4.79 Å². The second-order valence-electron chi connectivity index (χ2n) is 4.75. The van der Waals surface area contributed by atoms with E-state index in [9.17, 15) is 4.79 Å². The third kappa shape index (κ3) is 2.63. The molecule has 2 rings (SSSR count). The zero-order chi connectivity index (χ0) is 12.4. The van der Waals surface area contributed by atoms with Crippen molar-refractivity contribution >= 4 is 17.4 Å². The SMILES string of the molecule is CC1CN(C(=O)c2snnc2C(C)C)CCN1. The smallest absolute Gasteiger partial charge is 0.267 e. The number of nitrogens with zero attached hydrogens (tertiary/aromatic N) is 3. The summed E-state index contributed by atoms with van der Waals surface area (Å²) in [6, 6.07) is 0.357. The number of hydrogen-bond acceptors (Lipinski definition) is 5. The fourth-order valence-corrected chi connectivity index (χ4v) is 2.77. The van der Waals surface area contributed by atoms with E-state index in [0.29, 0.717) is 10.9 Å². The first-order chi connectivity index (χ1) is 8.09. The normalized spacial score (nSPS) is 20.9. The lowest BCUT2D eigenvalue weighted by atomic mass is 10.1. The Labute approximate surface area is 105 Å². The van der Waals surface area contributed by atoms with Gasteiger partial charge in [0.15, 0.2) is 0 Å². The minimum Gasteiger partial charge on any atom is -0.335 e. The van der Waals surface area contributed by atoms with Crippen LogP contribution >= 0.6 is 11.5 Å². The van der Waals surface area contributed by atoms with Crippen LogP contribution in [0.25, 0.3) is 0 Å². The molecule has 1 saturated heterocycles. The van der Waals surface area contributed by atoms with Gasteiger partial charge in [-0.25, -0.2) is 0 Å². The van der Waals surface area contributed by atoms with Gasteiger partial charge in [0.2, 0.25) is 0 Å². The second-order valence-corrected chi connectivity index (χ2v) is 5.50. The molecule has 1 aromatic rings. The van der Waals surface area contributed by atoms with Crippen molar-refractivity contribution in [2.75, 3.05) is 19.6 Å². The van der Waals surface area contributed by atoms with Gasteiger partial charge in [0, 0.05) is 25.7 Å². The van der Waals surface area contributed by atoms with Crippen LogP contribution in [0, 0.1) is 0 Å². The van der Waals surface area contributed by atoms with E-state index in [0.717, 1.165) is 25.3 Å². The zero-order valence-corrected chi connectivity index (χ0v) is 11.3. The highest BCUT2D eigenvalue weighted by Gasteiger charge is 2.26. The standard InChI is InChI=1S/C11H18N4OS/c1-7(2)9-10(17-14-13-9)11(16)15-5-4-12-8(3)6-15/h7-8,12H,4-6H2,1-3H3. The molecular weight excluding hydrogens is 236 g/mol. The van der Waals surface area contributed by atoms with E-state index in [1.807, 2.05) is 18.7 Å². The van der Waals surface area contributed by atoms with Crippen molar-refractivity contribution in [3.8, 4) is 0 Å². The summed E-state index contributed by atoms with van der Waals surface area (Å²) in [5, 5.41) is 7.38. The van der Waals surface area contributed by atoms with E-state index in [1.165, 1.54) is 11.5 Å².